The third-order valence-corrected chi connectivity index (χ3v) is 5.36. The van der Waals surface area contributed by atoms with Crippen molar-refractivity contribution in [2.75, 3.05) is 26.8 Å². The van der Waals surface area contributed by atoms with Gasteiger partial charge < -0.3 is 15.0 Å². The highest BCUT2D eigenvalue weighted by Crippen LogP contribution is 2.20. The standard InChI is InChI=1S/C17H25N3O5S/c1-12(11-25-2)20-10-14(9-16(20)21)17(22)19-8-7-13-3-5-15(6-4-13)26(18,23)24/h3-6,12,14H,7-11H2,1-2H3,(H,19,22)(H2,18,23,24)/t12-,14+/m0/s1. The number of carbonyl (C=O) groups excluding carboxylic acids is 2. The quantitative estimate of drug-likeness (QED) is 0.648. The summed E-state index contributed by atoms with van der Waals surface area (Å²) >= 11 is 0. The molecule has 8 nitrogen and oxygen atoms in total. The third kappa shape index (κ3) is 5.26. The first-order chi connectivity index (χ1) is 12.2. The molecule has 1 aromatic carbocycles. The zero-order valence-electron chi connectivity index (χ0n) is 15.0. The molecule has 26 heavy (non-hydrogen) atoms. The summed E-state index contributed by atoms with van der Waals surface area (Å²) in [5, 5.41) is 7.89. The summed E-state index contributed by atoms with van der Waals surface area (Å²) in [4.78, 5) is 26.1. The van der Waals surface area contributed by atoms with E-state index in [0.717, 1.165) is 5.56 Å². The van der Waals surface area contributed by atoms with Crippen LogP contribution in [0.2, 0.25) is 0 Å². The molecule has 0 bridgehead atoms. The van der Waals surface area contributed by atoms with Crippen LogP contribution in [0.4, 0.5) is 0 Å². The van der Waals surface area contributed by atoms with E-state index in [2.05, 4.69) is 5.32 Å². The number of nitrogens with two attached hydrogens (primary N) is 1. The molecule has 1 aliphatic rings. The first-order valence-corrected chi connectivity index (χ1v) is 9.95. The highest BCUT2D eigenvalue weighted by molar-refractivity contribution is 7.89. The van der Waals surface area contributed by atoms with Gasteiger partial charge in [-0.15, -0.1) is 0 Å². The molecule has 0 radical (unpaired) electrons. The van der Waals surface area contributed by atoms with E-state index in [1.54, 1.807) is 24.1 Å². The summed E-state index contributed by atoms with van der Waals surface area (Å²) in [5.41, 5.74) is 0.885. The second kappa shape index (κ2) is 8.61. The molecule has 2 amide bonds. The Morgan fingerprint density at radius 3 is 2.62 bits per heavy atom. The van der Waals surface area contributed by atoms with Gasteiger partial charge in [0.1, 0.15) is 0 Å². The molecule has 1 saturated heterocycles. The van der Waals surface area contributed by atoms with Crippen molar-refractivity contribution in [1.82, 2.24) is 10.2 Å². The minimum absolute atomic E-state index is 0.0340. The van der Waals surface area contributed by atoms with Crippen molar-refractivity contribution in [3.05, 3.63) is 29.8 Å². The van der Waals surface area contributed by atoms with Crippen LogP contribution >= 0.6 is 0 Å². The van der Waals surface area contributed by atoms with Crippen LogP contribution in [0.1, 0.15) is 18.9 Å². The molecule has 1 aromatic rings. The number of carbonyl (C=O) groups is 2. The van der Waals surface area contributed by atoms with Gasteiger partial charge in [-0.25, -0.2) is 13.6 Å². The Morgan fingerprint density at radius 1 is 1.38 bits per heavy atom. The van der Waals surface area contributed by atoms with E-state index in [1.165, 1.54) is 12.1 Å². The third-order valence-electron chi connectivity index (χ3n) is 4.43. The van der Waals surface area contributed by atoms with Gasteiger partial charge in [-0.3, -0.25) is 9.59 Å². The highest BCUT2D eigenvalue weighted by atomic mass is 32.2. The van der Waals surface area contributed by atoms with Gasteiger partial charge in [0, 0.05) is 26.6 Å². The lowest BCUT2D eigenvalue weighted by Gasteiger charge is -2.23. The topological polar surface area (TPSA) is 119 Å². The second-order valence-corrected chi connectivity index (χ2v) is 8.04. The van der Waals surface area contributed by atoms with Gasteiger partial charge in [-0.1, -0.05) is 12.1 Å². The van der Waals surface area contributed by atoms with Gasteiger partial charge >= 0.3 is 0 Å². The fraction of sp³-hybridized carbons (Fsp3) is 0.529. The predicted molar refractivity (Wildman–Crippen MR) is 95.7 cm³/mol. The molecule has 1 aliphatic heterocycles. The molecule has 9 heteroatoms. The molecule has 144 valence electrons. The second-order valence-electron chi connectivity index (χ2n) is 6.48. The Bertz CT molecular complexity index is 748. The van der Waals surface area contributed by atoms with E-state index in [9.17, 15) is 18.0 Å². The van der Waals surface area contributed by atoms with Crippen LogP contribution in [0, 0.1) is 5.92 Å². The van der Waals surface area contributed by atoms with Crippen molar-refractivity contribution < 1.29 is 22.7 Å². The lowest BCUT2D eigenvalue weighted by molar-refractivity contribution is -0.130. The molecule has 0 spiro atoms. The van der Waals surface area contributed by atoms with Gasteiger partial charge in [-0.2, -0.15) is 0 Å². The average molecular weight is 383 g/mol. The molecule has 2 rings (SSSR count). The van der Waals surface area contributed by atoms with Crippen LogP contribution in [0.25, 0.3) is 0 Å². The summed E-state index contributed by atoms with van der Waals surface area (Å²) in [6.45, 7) is 3.14. The molecule has 2 atom stereocenters. The largest absolute Gasteiger partial charge is 0.383 e. The average Bonchev–Trinajstić information content (AvgIpc) is 2.97. The van der Waals surface area contributed by atoms with E-state index in [4.69, 9.17) is 9.88 Å². The molecule has 0 saturated carbocycles. The number of nitrogens with zero attached hydrogens (tertiary/aromatic N) is 1. The minimum Gasteiger partial charge on any atom is -0.383 e. The number of amides is 2. The fourth-order valence-corrected chi connectivity index (χ4v) is 3.50. The van der Waals surface area contributed by atoms with Crippen molar-refractivity contribution in [2.45, 2.75) is 30.7 Å². The van der Waals surface area contributed by atoms with Crippen molar-refractivity contribution in [2.24, 2.45) is 11.1 Å². The zero-order chi connectivity index (χ0) is 19.3. The van der Waals surface area contributed by atoms with Crippen LogP contribution < -0.4 is 10.5 Å². The van der Waals surface area contributed by atoms with E-state index in [1.807, 2.05) is 6.92 Å². The van der Waals surface area contributed by atoms with Gasteiger partial charge in [0.15, 0.2) is 0 Å². The monoisotopic (exact) mass is 383 g/mol. The Kier molecular flexibility index (Phi) is 6.74. The number of likely N-dealkylation sites (tertiary alicyclic amines) is 1. The molecule has 0 aromatic heterocycles. The number of methoxy groups -OCH3 is 1. The smallest absolute Gasteiger partial charge is 0.238 e. The van der Waals surface area contributed by atoms with Crippen molar-refractivity contribution in [3.8, 4) is 0 Å². The summed E-state index contributed by atoms with van der Waals surface area (Å²) in [7, 11) is -2.12. The summed E-state index contributed by atoms with van der Waals surface area (Å²) in [6, 6.07) is 6.16. The van der Waals surface area contributed by atoms with E-state index in [-0.39, 0.29) is 35.1 Å². The Hall–Kier alpha value is -1.97. The molecule has 0 aliphatic carbocycles. The van der Waals surface area contributed by atoms with Gasteiger partial charge in [-0.05, 0) is 31.0 Å². The number of hydrogen-bond donors (Lipinski definition) is 2. The van der Waals surface area contributed by atoms with Crippen LogP contribution in [0.5, 0.6) is 0 Å². The Balaban J connectivity index is 1.81. The maximum absolute atomic E-state index is 12.3. The maximum Gasteiger partial charge on any atom is 0.238 e. The van der Waals surface area contributed by atoms with Gasteiger partial charge in [0.05, 0.1) is 23.5 Å². The molecular weight excluding hydrogens is 358 g/mol. The van der Waals surface area contributed by atoms with Crippen LogP contribution in [-0.4, -0.2) is 58.0 Å². The van der Waals surface area contributed by atoms with Crippen molar-refractivity contribution >= 4 is 21.8 Å². The minimum atomic E-state index is -3.70. The molecule has 1 fully saturated rings. The zero-order valence-corrected chi connectivity index (χ0v) is 15.8. The first kappa shape index (κ1) is 20.3. The normalized spacial score (nSPS) is 18.8. The first-order valence-electron chi connectivity index (χ1n) is 8.40. The summed E-state index contributed by atoms with van der Waals surface area (Å²) in [6.07, 6.45) is 0.768. The maximum atomic E-state index is 12.3. The van der Waals surface area contributed by atoms with E-state index < -0.39 is 10.0 Å². The molecule has 0 unspecified atom stereocenters. The SMILES string of the molecule is COC[C@H](C)N1C[C@H](C(=O)NCCc2ccc(S(N)(=O)=O)cc2)CC1=O. The summed E-state index contributed by atoms with van der Waals surface area (Å²) < 4.78 is 27.5. The van der Waals surface area contributed by atoms with Crippen LogP contribution in [-0.2, 0) is 30.8 Å². The molecule has 3 N–H and O–H groups in total. The van der Waals surface area contributed by atoms with Crippen molar-refractivity contribution in [1.29, 1.82) is 0 Å². The van der Waals surface area contributed by atoms with Gasteiger partial charge in [0.25, 0.3) is 0 Å². The van der Waals surface area contributed by atoms with Gasteiger partial charge in [0.2, 0.25) is 21.8 Å². The number of primary sulfonamides is 1. The number of rotatable bonds is 8. The molecule has 1 heterocycles. The predicted octanol–water partition coefficient (Wildman–Crippen LogP) is -0.124. The Morgan fingerprint density at radius 2 is 2.04 bits per heavy atom. The fourth-order valence-electron chi connectivity index (χ4n) is 2.98. The van der Waals surface area contributed by atoms with Crippen LogP contribution in [0.15, 0.2) is 29.2 Å². The number of benzene rings is 1. The molecular formula is C17H25N3O5S. The Labute approximate surface area is 153 Å². The number of sulfonamides is 1. The lowest BCUT2D eigenvalue weighted by atomic mass is 10.1. The number of ether oxygens (including phenoxy) is 1. The van der Waals surface area contributed by atoms with Crippen LogP contribution in [0.3, 0.4) is 0 Å². The highest BCUT2D eigenvalue weighted by Gasteiger charge is 2.36. The number of nitrogens with one attached hydrogen (secondary N) is 1. The van der Waals surface area contributed by atoms with E-state index >= 15 is 0 Å². The van der Waals surface area contributed by atoms with E-state index in [0.29, 0.717) is 26.1 Å². The lowest BCUT2D eigenvalue weighted by Crippen LogP contribution is -2.39. The van der Waals surface area contributed by atoms with Crippen molar-refractivity contribution in [3.63, 3.8) is 0 Å². The number of hydrogen-bond acceptors (Lipinski definition) is 5. The summed E-state index contributed by atoms with van der Waals surface area (Å²) in [5.74, 6) is -0.536.